The van der Waals surface area contributed by atoms with Crippen LogP contribution in [0.5, 0.6) is 0 Å². The first-order valence-electron chi connectivity index (χ1n) is 8.53. The maximum Gasteiger partial charge on any atom is 0.254 e. The second-order valence-corrected chi connectivity index (χ2v) is 6.77. The Kier molecular flexibility index (Phi) is 5.16. The summed E-state index contributed by atoms with van der Waals surface area (Å²) in [6, 6.07) is 9.91. The van der Waals surface area contributed by atoms with E-state index in [0.717, 1.165) is 11.1 Å². The topological polar surface area (TPSA) is 62.7 Å². The van der Waals surface area contributed by atoms with Crippen molar-refractivity contribution < 1.29 is 14.6 Å². The number of aryl methyl sites for hydroxylation is 2. The lowest BCUT2D eigenvalue weighted by Crippen LogP contribution is -2.56. The van der Waals surface area contributed by atoms with Gasteiger partial charge in [-0.3, -0.25) is 9.78 Å². The highest BCUT2D eigenvalue weighted by molar-refractivity contribution is 5.95. The Morgan fingerprint density at radius 3 is 2.92 bits per heavy atom. The van der Waals surface area contributed by atoms with Crippen LogP contribution in [0.2, 0.25) is 0 Å². The molecule has 2 heterocycles. The van der Waals surface area contributed by atoms with Crippen molar-refractivity contribution in [2.24, 2.45) is 0 Å². The second kappa shape index (κ2) is 7.33. The molecule has 1 fully saturated rings. The third-order valence-corrected chi connectivity index (χ3v) is 4.68. The highest BCUT2D eigenvalue weighted by atomic mass is 16.5. The molecule has 1 N–H and O–H groups in total. The molecule has 132 valence electrons. The van der Waals surface area contributed by atoms with E-state index in [9.17, 15) is 9.90 Å². The number of nitrogens with zero attached hydrogens (tertiary/aromatic N) is 2. The zero-order valence-corrected chi connectivity index (χ0v) is 14.7. The number of amides is 1. The molecule has 0 aliphatic carbocycles. The van der Waals surface area contributed by atoms with E-state index >= 15 is 0 Å². The Morgan fingerprint density at radius 2 is 2.20 bits per heavy atom. The Bertz CT molecular complexity index is 762. The molecule has 0 bridgehead atoms. The van der Waals surface area contributed by atoms with Gasteiger partial charge in [0.25, 0.3) is 5.91 Å². The normalized spacial score (nSPS) is 20.5. The SMILES string of the molecule is Cc1cccc(C[C@]2(CO)CN(C(=O)c3ccncc3C)CCO2)c1. The Labute approximate surface area is 148 Å². The number of rotatable bonds is 4. The Morgan fingerprint density at radius 1 is 1.36 bits per heavy atom. The molecule has 1 saturated heterocycles. The molecule has 1 aliphatic rings. The van der Waals surface area contributed by atoms with Crippen molar-refractivity contribution in [1.82, 2.24) is 9.88 Å². The number of pyridine rings is 1. The van der Waals surface area contributed by atoms with Crippen molar-refractivity contribution in [3.05, 3.63) is 65.0 Å². The number of aliphatic hydroxyl groups is 1. The summed E-state index contributed by atoms with van der Waals surface area (Å²) >= 11 is 0. The Hall–Kier alpha value is -2.24. The van der Waals surface area contributed by atoms with Gasteiger partial charge in [-0.2, -0.15) is 0 Å². The molecule has 0 saturated carbocycles. The number of carbonyl (C=O) groups is 1. The summed E-state index contributed by atoms with van der Waals surface area (Å²) in [4.78, 5) is 18.7. The predicted molar refractivity (Wildman–Crippen MR) is 95.5 cm³/mol. The average Bonchev–Trinajstić information content (AvgIpc) is 2.62. The number of carbonyl (C=O) groups excluding carboxylic acids is 1. The van der Waals surface area contributed by atoms with Crippen molar-refractivity contribution >= 4 is 5.91 Å². The standard InChI is InChI=1S/C20H24N2O3/c1-15-4-3-5-17(10-15)11-20(14-23)13-22(8-9-25-20)19(24)18-6-7-21-12-16(18)2/h3-7,10,12,23H,8-9,11,13-14H2,1-2H3/t20-/m1/s1. The monoisotopic (exact) mass is 340 g/mol. The largest absolute Gasteiger partial charge is 0.393 e. The average molecular weight is 340 g/mol. The molecule has 1 aromatic carbocycles. The first-order chi connectivity index (χ1) is 12.0. The van der Waals surface area contributed by atoms with Gasteiger partial charge < -0.3 is 14.7 Å². The van der Waals surface area contributed by atoms with Crippen LogP contribution in [0, 0.1) is 13.8 Å². The molecule has 1 aromatic heterocycles. The van der Waals surface area contributed by atoms with Crippen LogP contribution in [0.15, 0.2) is 42.7 Å². The van der Waals surface area contributed by atoms with Crippen molar-refractivity contribution in [3.63, 3.8) is 0 Å². The molecule has 1 aliphatic heterocycles. The third kappa shape index (κ3) is 3.89. The summed E-state index contributed by atoms with van der Waals surface area (Å²) in [5, 5.41) is 10.0. The summed E-state index contributed by atoms with van der Waals surface area (Å²) in [5.74, 6) is -0.0368. The van der Waals surface area contributed by atoms with Gasteiger partial charge in [0.2, 0.25) is 0 Å². The number of aromatic nitrogens is 1. The second-order valence-electron chi connectivity index (χ2n) is 6.77. The van der Waals surface area contributed by atoms with Gasteiger partial charge in [0.05, 0.1) is 19.8 Å². The van der Waals surface area contributed by atoms with Crippen LogP contribution in [0.25, 0.3) is 0 Å². The number of aliphatic hydroxyl groups excluding tert-OH is 1. The van der Waals surface area contributed by atoms with E-state index in [0.29, 0.717) is 31.7 Å². The number of hydrogen-bond acceptors (Lipinski definition) is 4. The summed E-state index contributed by atoms with van der Waals surface area (Å²) < 4.78 is 5.95. The maximum atomic E-state index is 12.9. The summed E-state index contributed by atoms with van der Waals surface area (Å²) in [6.45, 7) is 5.11. The van der Waals surface area contributed by atoms with Crippen molar-refractivity contribution in [1.29, 1.82) is 0 Å². The third-order valence-electron chi connectivity index (χ3n) is 4.68. The predicted octanol–water partition coefficient (Wildman–Crippen LogP) is 2.14. The number of morpholine rings is 1. The molecule has 5 nitrogen and oxygen atoms in total. The van der Waals surface area contributed by atoms with Gasteiger partial charge >= 0.3 is 0 Å². The van der Waals surface area contributed by atoms with Crippen LogP contribution in [-0.2, 0) is 11.2 Å². The van der Waals surface area contributed by atoms with E-state index < -0.39 is 5.60 Å². The molecule has 1 atom stereocenters. The molecule has 0 spiro atoms. The molecule has 5 heteroatoms. The van der Waals surface area contributed by atoms with Gasteiger partial charge in [-0.1, -0.05) is 29.8 Å². The minimum Gasteiger partial charge on any atom is -0.393 e. The Balaban J connectivity index is 1.80. The molecular weight excluding hydrogens is 316 g/mol. The first kappa shape index (κ1) is 17.6. The van der Waals surface area contributed by atoms with E-state index in [2.05, 4.69) is 11.1 Å². The van der Waals surface area contributed by atoms with E-state index in [-0.39, 0.29) is 12.5 Å². The van der Waals surface area contributed by atoms with Gasteiger partial charge in [-0.25, -0.2) is 0 Å². The van der Waals surface area contributed by atoms with Crippen molar-refractivity contribution in [2.45, 2.75) is 25.9 Å². The van der Waals surface area contributed by atoms with Crippen LogP contribution < -0.4 is 0 Å². The molecule has 2 aromatic rings. The number of benzene rings is 1. The minimum absolute atomic E-state index is 0.0368. The zero-order valence-electron chi connectivity index (χ0n) is 14.7. The highest BCUT2D eigenvalue weighted by Gasteiger charge is 2.38. The lowest BCUT2D eigenvalue weighted by atomic mass is 9.92. The van der Waals surface area contributed by atoms with Gasteiger partial charge in [0.15, 0.2) is 0 Å². The van der Waals surface area contributed by atoms with Gasteiger partial charge in [0, 0.05) is 30.9 Å². The minimum atomic E-state index is -0.761. The number of hydrogen-bond donors (Lipinski definition) is 1. The lowest BCUT2D eigenvalue weighted by Gasteiger charge is -2.42. The van der Waals surface area contributed by atoms with Crippen LogP contribution in [0.4, 0.5) is 0 Å². The van der Waals surface area contributed by atoms with E-state index in [1.54, 1.807) is 23.4 Å². The fourth-order valence-corrected chi connectivity index (χ4v) is 3.35. The zero-order chi connectivity index (χ0) is 17.9. The van der Waals surface area contributed by atoms with E-state index in [4.69, 9.17) is 4.74 Å². The quantitative estimate of drug-likeness (QED) is 0.926. The van der Waals surface area contributed by atoms with Gasteiger partial charge in [0.1, 0.15) is 5.60 Å². The molecule has 0 radical (unpaired) electrons. The maximum absolute atomic E-state index is 12.9. The summed E-state index contributed by atoms with van der Waals surface area (Å²) in [5.41, 5.74) is 3.01. The molecule has 3 rings (SSSR count). The van der Waals surface area contributed by atoms with Crippen LogP contribution in [-0.4, -0.2) is 52.8 Å². The van der Waals surface area contributed by atoms with Gasteiger partial charge in [-0.15, -0.1) is 0 Å². The smallest absolute Gasteiger partial charge is 0.254 e. The lowest BCUT2D eigenvalue weighted by molar-refractivity contribution is -0.123. The van der Waals surface area contributed by atoms with Crippen LogP contribution in [0.3, 0.4) is 0 Å². The van der Waals surface area contributed by atoms with Crippen molar-refractivity contribution in [2.75, 3.05) is 26.3 Å². The molecular formula is C20H24N2O3. The van der Waals surface area contributed by atoms with Crippen LogP contribution >= 0.6 is 0 Å². The van der Waals surface area contributed by atoms with Gasteiger partial charge in [-0.05, 0) is 31.0 Å². The highest BCUT2D eigenvalue weighted by Crippen LogP contribution is 2.25. The fourth-order valence-electron chi connectivity index (χ4n) is 3.35. The molecule has 25 heavy (non-hydrogen) atoms. The first-order valence-corrected chi connectivity index (χ1v) is 8.53. The van der Waals surface area contributed by atoms with E-state index in [1.165, 1.54) is 5.56 Å². The molecule has 0 unspecified atom stereocenters. The molecule has 1 amide bonds. The van der Waals surface area contributed by atoms with Crippen LogP contribution in [0.1, 0.15) is 27.0 Å². The summed E-state index contributed by atoms with van der Waals surface area (Å²) in [7, 11) is 0. The fraction of sp³-hybridized carbons (Fsp3) is 0.400. The van der Waals surface area contributed by atoms with E-state index in [1.807, 2.05) is 32.0 Å². The van der Waals surface area contributed by atoms with Crippen molar-refractivity contribution in [3.8, 4) is 0 Å². The summed E-state index contributed by atoms with van der Waals surface area (Å²) in [6.07, 6.45) is 3.90. The number of ether oxygens (including phenoxy) is 1.